The lowest BCUT2D eigenvalue weighted by Gasteiger charge is -2.35. The lowest BCUT2D eigenvalue weighted by atomic mass is 9.95. The molecule has 1 aliphatic rings. The molecular formula is C24H29NO2. The number of nitrogens with zero attached hydrogens (tertiary/aromatic N) is 1. The van der Waals surface area contributed by atoms with Crippen LogP contribution in [0.5, 0.6) is 0 Å². The van der Waals surface area contributed by atoms with E-state index in [0.29, 0.717) is 6.04 Å². The lowest BCUT2D eigenvalue weighted by Crippen LogP contribution is -2.40. The van der Waals surface area contributed by atoms with Gasteiger partial charge in [0.15, 0.2) is 0 Å². The first-order chi connectivity index (χ1) is 13.2. The van der Waals surface area contributed by atoms with E-state index in [1.807, 2.05) is 12.1 Å². The zero-order valence-electron chi connectivity index (χ0n) is 15.9. The van der Waals surface area contributed by atoms with Crippen molar-refractivity contribution in [3.63, 3.8) is 0 Å². The van der Waals surface area contributed by atoms with Crippen LogP contribution in [0.25, 0.3) is 5.57 Å². The van der Waals surface area contributed by atoms with Crippen LogP contribution >= 0.6 is 0 Å². The number of likely N-dealkylation sites (tertiary alicyclic amines) is 1. The second-order valence-electron chi connectivity index (χ2n) is 7.26. The van der Waals surface area contributed by atoms with Crippen molar-refractivity contribution < 1.29 is 9.90 Å². The fraction of sp³-hybridized carbons (Fsp3) is 0.375. The Kier molecular flexibility index (Phi) is 7.23. The molecule has 0 aromatic heterocycles. The van der Waals surface area contributed by atoms with Gasteiger partial charge in [-0.1, -0.05) is 73.2 Å². The van der Waals surface area contributed by atoms with E-state index in [1.165, 1.54) is 29.5 Å². The van der Waals surface area contributed by atoms with E-state index in [1.54, 1.807) is 0 Å². The number of piperidine rings is 1. The molecule has 1 heterocycles. The standard InChI is InChI=1S/C24H29NO2/c26-24(27)17-16-22-14-7-8-18-25(22)19-9-15-23(20-10-3-1-4-11-20)21-12-5-2-6-13-21/h1-6,10-13,15,22H,7-9,14,16-19H2,(H,26,27)/t22-/m0/s1. The Morgan fingerprint density at radius 1 is 1.00 bits per heavy atom. The van der Waals surface area contributed by atoms with E-state index < -0.39 is 5.97 Å². The van der Waals surface area contributed by atoms with Gasteiger partial charge in [0.2, 0.25) is 0 Å². The van der Waals surface area contributed by atoms with Gasteiger partial charge in [-0.15, -0.1) is 0 Å². The minimum atomic E-state index is -0.684. The van der Waals surface area contributed by atoms with Gasteiger partial charge in [0.1, 0.15) is 0 Å². The van der Waals surface area contributed by atoms with Crippen LogP contribution in [-0.2, 0) is 4.79 Å². The molecule has 2 aromatic carbocycles. The predicted octanol–water partition coefficient (Wildman–Crippen LogP) is 5.23. The molecule has 0 amide bonds. The summed E-state index contributed by atoms with van der Waals surface area (Å²) >= 11 is 0. The van der Waals surface area contributed by atoms with E-state index >= 15 is 0 Å². The maximum atomic E-state index is 10.9. The molecule has 3 rings (SSSR count). The highest BCUT2D eigenvalue weighted by Gasteiger charge is 2.22. The van der Waals surface area contributed by atoms with E-state index in [4.69, 9.17) is 5.11 Å². The van der Waals surface area contributed by atoms with Crippen molar-refractivity contribution in [3.8, 4) is 0 Å². The molecule has 0 bridgehead atoms. The van der Waals surface area contributed by atoms with Crippen LogP contribution in [0.15, 0.2) is 66.7 Å². The molecular weight excluding hydrogens is 334 g/mol. The van der Waals surface area contributed by atoms with Crippen molar-refractivity contribution >= 4 is 11.5 Å². The third kappa shape index (κ3) is 5.80. The third-order valence-corrected chi connectivity index (χ3v) is 5.37. The normalized spacial score (nSPS) is 17.4. The molecule has 2 aromatic rings. The maximum absolute atomic E-state index is 10.9. The average molecular weight is 364 g/mol. The van der Waals surface area contributed by atoms with Crippen LogP contribution in [0.2, 0.25) is 0 Å². The fourth-order valence-corrected chi connectivity index (χ4v) is 3.98. The zero-order chi connectivity index (χ0) is 18.9. The molecule has 27 heavy (non-hydrogen) atoms. The topological polar surface area (TPSA) is 40.5 Å². The van der Waals surface area contributed by atoms with Crippen LogP contribution in [0.1, 0.15) is 49.7 Å². The molecule has 1 aliphatic heterocycles. The number of carboxylic acid groups (broad SMARTS) is 1. The molecule has 3 nitrogen and oxygen atoms in total. The predicted molar refractivity (Wildman–Crippen MR) is 111 cm³/mol. The summed E-state index contributed by atoms with van der Waals surface area (Å²) < 4.78 is 0. The zero-order valence-corrected chi connectivity index (χ0v) is 15.9. The number of aliphatic carboxylic acids is 1. The smallest absolute Gasteiger partial charge is 0.303 e. The third-order valence-electron chi connectivity index (χ3n) is 5.37. The molecule has 1 fully saturated rings. The van der Waals surface area contributed by atoms with E-state index in [9.17, 15) is 4.79 Å². The van der Waals surface area contributed by atoms with Crippen LogP contribution in [0.3, 0.4) is 0 Å². The Labute approximate surface area is 162 Å². The summed E-state index contributed by atoms with van der Waals surface area (Å²) in [5.41, 5.74) is 3.75. The minimum Gasteiger partial charge on any atom is -0.481 e. The van der Waals surface area contributed by atoms with Crippen molar-refractivity contribution in [3.05, 3.63) is 77.9 Å². The van der Waals surface area contributed by atoms with Crippen LogP contribution in [-0.4, -0.2) is 35.1 Å². The number of benzene rings is 2. The van der Waals surface area contributed by atoms with Gasteiger partial charge in [0, 0.05) is 19.0 Å². The number of carbonyl (C=O) groups is 1. The largest absolute Gasteiger partial charge is 0.481 e. The van der Waals surface area contributed by atoms with Gasteiger partial charge in [-0.3, -0.25) is 4.79 Å². The van der Waals surface area contributed by atoms with Crippen LogP contribution < -0.4 is 0 Å². The van der Waals surface area contributed by atoms with Gasteiger partial charge in [0.25, 0.3) is 0 Å². The molecule has 0 spiro atoms. The lowest BCUT2D eigenvalue weighted by molar-refractivity contribution is -0.137. The number of rotatable bonds is 8. The van der Waals surface area contributed by atoms with Gasteiger partial charge in [0.05, 0.1) is 0 Å². The second-order valence-corrected chi connectivity index (χ2v) is 7.26. The Morgan fingerprint density at radius 3 is 2.22 bits per heavy atom. The van der Waals surface area contributed by atoms with E-state index in [0.717, 1.165) is 32.4 Å². The SMILES string of the molecule is O=C(O)CC[C@@H]1CCCCN1CCC=C(c1ccccc1)c1ccccc1. The Morgan fingerprint density at radius 2 is 1.63 bits per heavy atom. The Hall–Kier alpha value is -2.39. The van der Waals surface area contributed by atoms with Gasteiger partial charge in [-0.05, 0) is 48.9 Å². The van der Waals surface area contributed by atoms with Gasteiger partial charge < -0.3 is 10.0 Å². The van der Waals surface area contributed by atoms with Crippen molar-refractivity contribution in [1.82, 2.24) is 4.90 Å². The van der Waals surface area contributed by atoms with Crippen LogP contribution in [0, 0.1) is 0 Å². The number of carboxylic acids is 1. The molecule has 1 N–H and O–H groups in total. The Balaban J connectivity index is 1.69. The van der Waals surface area contributed by atoms with E-state index in [-0.39, 0.29) is 6.42 Å². The summed E-state index contributed by atoms with van der Waals surface area (Å²) in [7, 11) is 0. The van der Waals surface area contributed by atoms with Gasteiger partial charge >= 0.3 is 5.97 Å². The van der Waals surface area contributed by atoms with Crippen molar-refractivity contribution in [1.29, 1.82) is 0 Å². The number of hydrogen-bond donors (Lipinski definition) is 1. The molecule has 3 heteroatoms. The summed E-state index contributed by atoms with van der Waals surface area (Å²) in [5.74, 6) is -0.684. The fourth-order valence-electron chi connectivity index (χ4n) is 3.98. The highest BCUT2D eigenvalue weighted by molar-refractivity contribution is 5.79. The number of hydrogen-bond acceptors (Lipinski definition) is 2. The first kappa shape index (κ1) is 19.4. The van der Waals surface area contributed by atoms with Crippen molar-refractivity contribution in [2.24, 2.45) is 0 Å². The minimum absolute atomic E-state index is 0.274. The first-order valence-electron chi connectivity index (χ1n) is 10.0. The highest BCUT2D eigenvalue weighted by atomic mass is 16.4. The highest BCUT2D eigenvalue weighted by Crippen LogP contribution is 2.25. The molecule has 0 saturated carbocycles. The summed E-state index contributed by atoms with van der Waals surface area (Å²) in [6.45, 7) is 2.08. The monoisotopic (exact) mass is 363 g/mol. The maximum Gasteiger partial charge on any atom is 0.303 e. The average Bonchev–Trinajstić information content (AvgIpc) is 2.71. The van der Waals surface area contributed by atoms with Crippen molar-refractivity contribution in [2.75, 3.05) is 13.1 Å². The molecule has 142 valence electrons. The molecule has 1 atom stereocenters. The second kappa shape index (κ2) is 10.1. The summed E-state index contributed by atoms with van der Waals surface area (Å²) in [6, 6.07) is 21.5. The molecule has 0 radical (unpaired) electrons. The van der Waals surface area contributed by atoms with Gasteiger partial charge in [-0.25, -0.2) is 0 Å². The Bertz CT molecular complexity index is 698. The quantitative estimate of drug-likeness (QED) is 0.698. The molecule has 0 aliphatic carbocycles. The summed E-state index contributed by atoms with van der Waals surface area (Å²) in [4.78, 5) is 13.4. The van der Waals surface area contributed by atoms with E-state index in [2.05, 4.69) is 59.5 Å². The van der Waals surface area contributed by atoms with Gasteiger partial charge in [-0.2, -0.15) is 0 Å². The summed E-state index contributed by atoms with van der Waals surface area (Å²) in [6.07, 6.45) is 7.92. The first-order valence-corrected chi connectivity index (χ1v) is 10.0. The summed E-state index contributed by atoms with van der Waals surface area (Å²) in [5, 5.41) is 9.00. The molecule has 0 unspecified atom stereocenters. The van der Waals surface area contributed by atoms with Crippen molar-refractivity contribution in [2.45, 2.75) is 44.6 Å². The molecule has 1 saturated heterocycles. The van der Waals surface area contributed by atoms with Crippen LogP contribution in [0.4, 0.5) is 0 Å².